The summed E-state index contributed by atoms with van der Waals surface area (Å²) in [5, 5.41) is 0. The third kappa shape index (κ3) is 6.92. The predicted molar refractivity (Wildman–Crippen MR) is 154 cm³/mol. The number of benzene rings is 4. The van der Waals surface area contributed by atoms with E-state index in [2.05, 4.69) is 31.9 Å². The zero-order valence-corrected chi connectivity index (χ0v) is 25.0. The van der Waals surface area contributed by atoms with Crippen LogP contribution in [0.15, 0.2) is 110 Å². The average molecular weight is 680 g/mol. The van der Waals surface area contributed by atoms with Crippen LogP contribution in [0, 0.1) is 6.92 Å². The summed E-state index contributed by atoms with van der Waals surface area (Å²) in [5.74, 6) is -0.143. The molecular weight excluding hydrogens is 656 g/mol. The van der Waals surface area contributed by atoms with Gasteiger partial charge in [-0.25, -0.2) is 0 Å². The zero-order chi connectivity index (χ0) is 27.5. The zero-order valence-electron chi connectivity index (χ0n) is 20.2. The van der Waals surface area contributed by atoms with Crippen molar-refractivity contribution < 1.29 is 25.6 Å². The van der Waals surface area contributed by atoms with Crippen LogP contribution in [0.4, 0.5) is 0 Å². The average Bonchev–Trinajstić information content (AvgIpc) is 2.86. The van der Waals surface area contributed by atoms with Gasteiger partial charge in [-0.2, -0.15) is 16.8 Å². The first kappa shape index (κ1) is 28.5. The van der Waals surface area contributed by atoms with Crippen molar-refractivity contribution in [3.63, 3.8) is 0 Å². The lowest BCUT2D eigenvalue weighted by molar-refractivity contribution is 0.477. The molecular formula is C28H24Br2O6S2. The fraction of sp³-hybridized carbons (Fsp3) is 0.143. The van der Waals surface area contributed by atoms with E-state index in [-0.39, 0.29) is 21.5 Å². The Hall–Kier alpha value is -2.50. The fourth-order valence-electron chi connectivity index (χ4n) is 4.27. The Morgan fingerprint density at radius 1 is 0.816 bits per heavy atom. The maximum Gasteiger partial charge on any atom is 0.339 e. The summed E-state index contributed by atoms with van der Waals surface area (Å²) in [6, 6.07) is 25.6. The van der Waals surface area contributed by atoms with Crippen molar-refractivity contribution in [2.24, 2.45) is 0 Å². The number of rotatable bonds is 9. The van der Waals surface area contributed by atoms with Crippen molar-refractivity contribution >= 4 is 52.1 Å². The Morgan fingerprint density at radius 3 is 2.13 bits per heavy atom. The number of halogens is 2. The molecule has 0 radical (unpaired) electrons. The molecule has 1 atom stereocenters. The Labute approximate surface area is 239 Å². The molecule has 198 valence electrons. The van der Waals surface area contributed by atoms with E-state index < -0.39 is 20.2 Å². The van der Waals surface area contributed by atoms with Crippen molar-refractivity contribution in [3.8, 4) is 5.75 Å². The topological polar surface area (TPSA) is 97.7 Å². The molecule has 0 saturated heterocycles. The monoisotopic (exact) mass is 678 g/mol. The van der Waals surface area contributed by atoms with E-state index >= 15 is 0 Å². The van der Waals surface area contributed by atoms with Crippen LogP contribution in [-0.2, 0) is 26.7 Å². The van der Waals surface area contributed by atoms with Crippen molar-refractivity contribution in [2.75, 3.05) is 0 Å². The SMILES string of the molecule is Cc1ccc(OS(=O)(=O)c2ccc(Br)cc2)c(C(CCc2cc(Br)ccc2S(=O)(=O)O)c2ccccc2)c1. The summed E-state index contributed by atoms with van der Waals surface area (Å²) >= 11 is 6.68. The molecule has 0 aromatic heterocycles. The molecule has 4 aromatic carbocycles. The van der Waals surface area contributed by atoms with Gasteiger partial charge in [-0.05, 0) is 79.4 Å². The fourth-order valence-corrected chi connectivity index (χ4v) is 6.62. The van der Waals surface area contributed by atoms with Crippen LogP contribution in [0.5, 0.6) is 5.75 Å². The molecule has 38 heavy (non-hydrogen) atoms. The lowest BCUT2D eigenvalue weighted by atomic mass is 9.85. The molecule has 10 heteroatoms. The minimum Gasteiger partial charge on any atom is -0.379 e. The molecule has 0 aliphatic heterocycles. The van der Waals surface area contributed by atoms with Gasteiger partial charge in [0.1, 0.15) is 10.6 Å². The van der Waals surface area contributed by atoms with Gasteiger partial charge >= 0.3 is 10.1 Å². The van der Waals surface area contributed by atoms with Crippen LogP contribution >= 0.6 is 31.9 Å². The summed E-state index contributed by atoms with van der Waals surface area (Å²) in [5.41, 5.74) is 2.92. The van der Waals surface area contributed by atoms with Crippen molar-refractivity contribution in [1.82, 2.24) is 0 Å². The predicted octanol–water partition coefficient (Wildman–Crippen LogP) is 7.30. The van der Waals surface area contributed by atoms with Crippen LogP contribution in [-0.4, -0.2) is 21.4 Å². The molecule has 0 spiro atoms. The largest absolute Gasteiger partial charge is 0.379 e. The number of hydrogen-bond donors (Lipinski definition) is 1. The lowest BCUT2D eigenvalue weighted by Crippen LogP contribution is -2.13. The van der Waals surface area contributed by atoms with Gasteiger partial charge < -0.3 is 4.18 Å². The van der Waals surface area contributed by atoms with E-state index in [9.17, 15) is 21.4 Å². The van der Waals surface area contributed by atoms with Crippen LogP contribution in [0.1, 0.15) is 34.6 Å². The lowest BCUT2D eigenvalue weighted by Gasteiger charge is -2.22. The Balaban J connectivity index is 1.77. The Bertz CT molecular complexity index is 1650. The molecule has 1 N–H and O–H groups in total. The summed E-state index contributed by atoms with van der Waals surface area (Å²) in [7, 11) is -8.55. The standard InChI is InChI=1S/C28H24Br2O6S2/c1-19-7-15-27(36-38(34,35)24-12-9-22(29)10-13-24)26(17-19)25(20-5-3-2-4-6-20)14-8-21-18-23(30)11-16-28(21)37(31,32)33/h2-7,9-13,15-18,25H,8,14H2,1H3,(H,31,32,33). The molecule has 0 aliphatic rings. The van der Waals surface area contributed by atoms with Gasteiger partial charge in [0.15, 0.2) is 0 Å². The van der Waals surface area contributed by atoms with E-state index in [1.807, 2.05) is 43.3 Å². The first-order valence-corrected chi connectivity index (χ1v) is 16.0. The van der Waals surface area contributed by atoms with Gasteiger partial charge in [0, 0.05) is 20.4 Å². The summed E-state index contributed by atoms with van der Waals surface area (Å²) in [6.45, 7) is 1.91. The van der Waals surface area contributed by atoms with Crippen LogP contribution in [0.3, 0.4) is 0 Å². The van der Waals surface area contributed by atoms with Crippen LogP contribution in [0.25, 0.3) is 0 Å². The molecule has 0 bridgehead atoms. The second kappa shape index (κ2) is 11.7. The Morgan fingerprint density at radius 2 is 1.47 bits per heavy atom. The van der Waals surface area contributed by atoms with E-state index in [4.69, 9.17) is 4.18 Å². The minimum absolute atomic E-state index is 0.0235. The highest BCUT2D eigenvalue weighted by atomic mass is 79.9. The highest BCUT2D eigenvalue weighted by Gasteiger charge is 2.25. The minimum atomic E-state index is -4.43. The van der Waals surface area contributed by atoms with Crippen molar-refractivity contribution in [1.29, 1.82) is 0 Å². The second-order valence-corrected chi connectivity index (χ2v) is 13.5. The van der Waals surface area contributed by atoms with Gasteiger partial charge in [0.05, 0.1) is 4.90 Å². The van der Waals surface area contributed by atoms with E-state index in [1.165, 1.54) is 18.2 Å². The number of aryl methyl sites for hydroxylation is 2. The van der Waals surface area contributed by atoms with Gasteiger partial charge in [0.2, 0.25) is 0 Å². The van der Waals surface area contributed by atoms with Gasteiger partial charge in [-0.3, -0.25) is 4.55 Å². The molecule has 4 aromatic rings. The molecule has 4 rings (SSSR count). The van der Waals surface area contributed by atoms with Gasteiger partial charge in [0.25, 0.3) is 10.1 Å². The van der Waals surface area contributed by atoms with Gasteiger partial charge in [-0.1, -0.05) is 79.9 Å². The molecule has 0 amide bonds. The van der Waals surface area contributed by atoms with E-state index in [0.717, 1.165) is 15.6 Å². The van der Waals surface area contributed by atoms with Gasteiger partial charge in [-0.15, -0.1) is 0 Å². The van der Waals surface area contributed by atoms with E-state index in [1.54, 1.807) is 36.4 Å². The highest BCUT2D eigenvalue weighted by Crippen LogP contribution is 2.38. The van der Waals surface area contributed by atoms with E-state index in [0.29, 0.717) is 28.4 Å². The Kier molecular flexibility index (Phi) is 8.78. The maximum atomic E-state index is 13.1. The first-order chi connectivity index (χ1) is 17.9. The summed E-state index contributed by atoms with van der Waals surface area (Å²) in [4.78, 5) is -0.138. The van der Waals surface area contributed by atoms with Crippen LogP contribution < -0.4 is 4.18 Å². The molecule has 0 aliphatic carbocycles. The summed E-state index contributed by atoms with van der Waals surface area (Å²) in [6.07, 6.45) is 0.710. The molecule has 6 nitrogen and oxygen atoms in total. The summed E-state index contributed by atoms with van der Waals surface area (Å²) < 4.78 is 67.2. The van der Waals surface area contributed by atoms with Crippen molar-refractivity contribution in [2.45, 2.75) is 35.5 Å². The molecule has 1 unspecified atom stereocenters. The second-order valence-electron chi connectivity index (χ2n) is 8.76. The quantitative estimate of drug-likeness (QED) is 0.147. The smallest absolute Gasteiger partial charge is 0.339 e. The molecule has 0 saturated carbocycles. The molecule has 0 heterocycles. The third-order valence-corrected chi connectivity index (χ3v) is 9.27. The third-order valence-electron chi connectivity index (χ3n) is 6.05. The number of hydrogen-bond acceptors (Lipinski definition) is 5. The maximum absolute atomic E-state index is 13.1. The first-order valence-electron chi connectivity index (χ1n) is 11.6. The highest BCUT2D eigenvalue weighted by molar-refractivity contribution is 9.10. The normalized spacial score (nSPS) is 12.7. The van der Waals surface area contributed by atoms with Crippen LogP contribution in [0.2, 0.25) is 0 Å². The molecule has 0 fully saturated rings. The van der Waals surface area contributed by atoms with Crippen molar-refractivity contribution in [3.05, 3.63) is 122 Å².